The van der Waals surface area contributed by atoms with E-state index in [-0.39, 0.29) is 0 Å². The lowest BCUT2D eigenvalue weighted by molar-refractivity contribution is -0.139. The van der Waals surface area contributed by atoms with Crippen LogP contribution in [0, 0.1) is 0 Å². The van der Waals surface area contributed by atoms with Crippen molar-refractivity contribution in [1.29, 1.82) is 0 Å². The van der Waals surface area contributed by atoms with Gasteiger partial charge in [0.1, 0.15) is 0 Å². The summed E-state index contributed by atoms with van der Waals surface area (Å²) in [7, 11) is 3.54. The fraction of sp³-hybridized carbons (Fsp3) is 0.462. The minimum Gasteiger partial charge on any atom is -0.481 e. The van der Waals surface area contributed by atoms with E-state index in [4.69, 9.17) is 4.74 Å². The molecule has 0 aliphatic heterocycles. The summed E-state index contributed by atoms with van der Waals surface area (Å²) in [5.74, 6) is -1.28. The summed E-state index contributed by atoms with van der Waals surface area (Å²) in [5.41, 5.74) is 0.837. The molecule has 4 heteroatoms. The fourth-order valence-corrected chi connectivity index (χ4v) is 1.66. The van der Waals surface area contributed by atoms with Crippen molar-refractivity contribution < 1.29 is 14.6 Å². The SMILES string of the molecule is COCCN(C)CC(C(=O)O)c1ccccc1. The molecule has 1 rings (SSSR count). The highest BCUT2D eigenvalue weighted by Crippen LogP contribution is 2.16. The minimum absolute atomic E-state index is 0.488. The van der Waals surface area contributed by atoms with E-state index in [0.717, 1.165) is 12.1 Å². The van der Waals surface area contributed by atoms with Crippen LogP contribution in [0.1, 0.15) is 11.5 Å². The molecule has 4 nitrogen and oxygen atoms in total. The Morgan fingerprint density at radius 1 is 1.41 bits per heavy atom. The standard InChI is InChI=1S/C13H19NO3/c1-14(8-9-17-2)10-12(13(15)16)11-6-4-3-5-7-11/h3-7,12H,8-10H2,1-2H3,(H,15,16). The first-order chi connectivity index (χ1) is 8.15. The Balaban J connectivity index is 2.65. The third-order valence-electron chi connectivity index (χ3n) is 2.67. The van der Waals surface area contributed by atoms with Crippen LogP contribution in [0.4, 0.5) is 0 Å². The van der Waals surface area contributed by atoms with Crippen LogP contribution >= 0.6 is 0 Å². The Morgan fingerprint density at radius 2 is 2.06 bits per heavy atom. The molecule has 0 aliphatic carbocycles. The smallest absolute Gasteiger partial charge is 0.312 e. The molecular formula is C13H19NO3. The number of likely N-dealkylation sites (N-methyl/N-ethyl adjacent to an activating group) is 1. The quantitative estimate of drug-likeness (QED) is 0.779. The van der Waals surface area contributed by atoms with E-state index in [9.17, 15) is 9.90 Å². The van der Waals surface area contributed by atoms with E-state index in [2.05, 4.69) is 0 Å². The molecule has 0 spiro atoms. The first-order valence-electron chi connectivity index (χ1n) is 5.60. The van der Waals surface area contributed by atoms with Crippen LogP contribution in [0.15, 0.2) is 30.3 Å². The largest absolute Gasteiger partial charge is 0.481 e. The van der Waals surface area contributed by atoms with Crippen molar-refractivity contribution in [2.24, 2.45) is 0 Å². The number of hydrogen-bond acceptors (Lipinski definition) is 3. The third-order valence-corrected chi connectivity index (χ3v) is 2.67. The Morgan fingerprint density at radius 3 is 2.59 bits per heavy atom. The van der Waals surface area contributed by atoms with Gasteiger partial charge in [-0.25, -0.2) is 0 Å². The third kappa shape index (κ3) is 4.54. The number of rotatable bonds is 7. The number of nitrogens with zero attached hydrogens (tertiary/aromatic N) is 1. The number of carbonyl (C=O) groups is 1. The lowest BCUT2D eigenvalue weighted by Gasteiger charge is -2.21. The first kappa shape index (κ1) is 13.7. The second-order valence-corrected chi connectivity index (χ2v) is 4.06. The van der Waals surface area contributed by atoms with E-state index in [1.807, 2.05) is 42.3 Å². The van der Waals surface area contributed by atoms with Gasteiger partial charge in [0, 0.05) is 20.2 Å². The molecule has 17 heavy (non-hydrogen) atoms. The highest BCUT2D eigenvalue weighted by atomic mass is 16.5. The van der Waals surface area contributed by atoms with Crippen LogP contribution in [-0.2, 0) is 9.53 Å². The summed E-state index contributed by atoms with van der Waals surface area (Å²) >= 11 is 0. The molecule has 0 bridgehead atoms. The molecule has 0 amide bonds. The molecule has 0 saturated heterocycles. The van der Waals surface area contributed by atoms with Crippen LogP contribution in [0.3, 0.4) is 0 Å². The van der Waals surface area contributed by atoms with Crippen molar-refractivity contribution in [2.45, 2.75) is 5.92 Å². The molecule has 1 aromatic rings. The number of carboxylic acid groups (broad SMARTS) is 1. The van der Waals surface area contributed by atoms with Gasteiger partial charge < -0.3 is 14.7 Å². The molecule has 0 radical (unpaired) electrons. The van der Waals surface area contributed by atoms with Crippen molar-refractivity contribution in [1.82, 2.24) is 4.90 Å². The van der Waals surface area contributed by atoms with Crippen molar-refractivity contribution >= 4 is 5.97 Å². The number of methoxy groups -OCH3 is 1. The van der Waals surface area contributed by atoms with Crippen LogP contribution < -0.4 is 0 Å². The summed E-state index contributed by atoms with van der Waals surface area (Å²) in [6.45, 7) is 1.83. The van der Waals surface area contributed by atoms with Gasteiger partial charge in [-0.1, -0.05) is 30.3 Å². The first-order valence-corrected chi connectivity index (χ1v) is 5.60. The van der Waals surface area contributed by atoms with Crippen molar-refractivity contribution in [2.75, 3.05) is 33.9 Å². The maximum Gasteiger partial charge on any atom is 0.312 e. The van der Waals surface area contributed by atoms with Gasteiger partial charge in [0.2, 0.25) is 0 Å². The Labute approximate surface area is 102 Å². The summed E-state index contributed by atoms with van der Waals surface area (Å²) in [5, 5.41) is 9.24. The molecule has 0 saturated carbocycles. The van der Waals surface area contributed by atoms with Gasteiger partial charge in [-0.15, -0.1) is 0 Å². The lowest BCUT2D eigenvalue weighted by Crippen LogP contribution is -2.31. The average molecular weight is 237 g/mol. The zero-order valence-electron chi connectivity index (χ0n) is 10.3. The van der Waals surface area contributed by atoms with Crippen LogP contribution in [0.25, 0.3) is 0 Å². The number of aliphatic carboxylic acids is 1. The van der Waals surface area contributed by atoms with Gasteiger partial charge >= 0.3 is 5.97 Å². The molecular weight excluding hydrogens is 218 g/mol. The minimum atomic E-state index is -0.791. The molecule has 1 atom stereocenters. The van der Waals surface area contributed by atoms with Gasteiger partial charge in [-0.3, -0.25) is 4.79 Å². The predicted molar refractivity (Wildman–Crippen MR) is 66.2 cm³/mol. The van der Waals surface area contributed by atoms with Crippen molar-refractivity contribution in [3.63, 3.8) is 0 Å². The zero-order chi connectivity index (χ0) is 12.7. The van der Waals surface area contributed by atoms with E-state index in [1.54, 1.807) is 7.11 Å². The van der Waals surface area contributed by atoms with Crippen LogP contribution in [-0.4, -0.2) is 49.8 Å². The zero-order valence-corrected chi connectivity index (χ0v) is 10.3. The second-order valence-electron chi connectivity index (χ2n) is 4.06. The van der Waals surface area contributed by atoms with E-state index < -0.39 is 11.9 Å². The van der Waals surface area contributed by atoms with Gasteiger partial charge in [-0.05, 0) is 12.6 Å². The van der Waals surface area contributed by atoms with Gasteiger partial charge in [0.25, 0.3) is 0 Å². The van der Waals surface area contributed by atoms with Gasteiger partial charge in [0.05, 0.1) is 12.5 Å². The van der Waals surface area contributed by atoms with Crippen molar-refractivity contribution in [3.8, 4) is 0 Å². The van der Waals surface area contributed by atoms with Gasteiger partial charge in [0.15, 0.2) is 0 Å². The van der Waals surface area contributed by atoms with Crippen LogP contribution in [0.2, 0.25) is 0 Å². The van der Waals surface area contributed by atoms with Crippen LogP contribution in [0.5, 0.6) is 0 Å². The topological polar surface area (TPSA) is 49.8 Å². The van der Waals surface area contributed by atoms with Crippen molar-refractivity contribution in [3.05, 3.63) is 35.9 Å². The maximum atomic E-state index is 11.3. The highest BCUT2D eigenvalue weighted by Gasteiger charge is 2.21. The number of benzene rings is 1. The fourth-order valence-electron chi connectivity index (χ4n) is 1.66. The molecule has 0 aliphatic rings. The number of carboxylic acids is 1. The predicted octanol–water partition coefficient (Wildman–Crippen LogP) is 1.43. The molecule has 1 aromatic carbocycles. The highest BCUT2D eigenvalue weighted by molar-refractivity contribution is 5.76. The number of hydrogen-bond donors (Lipinski definition) is 1. The average Bonchev–Trinajstić information content (AvgIpc) is 2.34. The molecule has 0 fully saturated rings. The van der Waals surface area contributed by atoms with Gasteiger partial charge in [-0.2, -0.15) is 0 Å². The second kappa shape index (κ2) is 7.04. The lowest BCUT2D eigenvalue weighted by atomic mass is 9.99. The molecule has 94 valence electrons. The van der Waals surface area contributed by atoms with E-state index in [1.165, 1.54) is 0 Å². The Kier molecular flexibility index (Phi) is 5.66. The summed E-state index contributed by atoms with van der Waals surface area (Å²) in [6, 6.07) is 9.31. The molecule has 0 heterocycles. The normalized spacial score (nSPS) is 12.6. The molecule has 1 unspecified atom stereocenters. The Hall–Kier alpha value is -1.39. The van der Waals surface area contributed by atoms with E-state index >= 15 is 0 Å². The van der Waals surface area contributed by atoms with E-state index in [0.29, 0.717) is 13.2 Å². The summed E-state index contributed by atoms with van der Waals surface area (Å²) < 4.78 is 4.97. The molecule has 1 N–H and O–H groups in total. The summed E-state index contributed by atoms with van der Waals surface area (Å²) in [6.07, 6.45) is 0. The monoisotopic (exact) mass is 237 g/mol. The summed E-state index contributed by atoms with van der Waals surface area (Å²) in [4.78, 5) is 13.2. The maximum absolute atomic E-state index is 11.3. The number of ether oxygens (including phenoxy) is 1. The Bertz CT molecular complexity index is 340. The molecule has 0 aromatic heterocycles.